The first-order valence-electron chi connectivity index (χ1n) is 13.5. The molecule has 1 atom stereocenters. The molecule has 9 heteroatoms. The van der Waals surface area contributed by atoms with Gasteiger partial charge in [0, 0.05) is 34.6 Å². The Kier molecular flexibility index (Phi) is 6.64. The number of ether oxygens (including phenoxy) is 1. The van der Waals surface area contributed by atoms with Gasteiger partial charge in [0.05, 0.1) is 13.3 Å². The summed E-state index contributed by atoms with van der Waals surface area (Å²) in [7, 11) is 1.65. The third-order valence-corrected chi connectivity index (χ3v) is 8.32. The Bertz CT molecular complexity index is 1740. The predicted molar refractivity (Wildman–Crippen MR) is 158 cm³/mol. The SMILES string of the molecule is COc1ccc([C@@H]2C3=C(CCCC3=O)Nc3nc(SCc4ccc(-c5ncc(-c6ccccc6)o5)cc4)nn32)cc1. The zero-order valence-corrected chi connectivity index (χ0v) is 23.2. The molecule has 1 N–H and O–H groups in total. The number of Topliss-reactive ketones (excluding diaryl/α,β-unsaturated/α-hetero) is 1. The molecule has 0 fully saturated rings. The molecule has 0 bridgehead atoms. The number of benzene rings is 3. The fourth-order valence-corrected chi connectivity index (χ4v) is 6.11. The second-order valence-electron chi connectivity index (χ2n) is 10.0. The maximum Gasteiger partial charge on any atom is 0.227 e. The van der Waals surface area contributed by atoms with E-state index in [1.54, 1.807) is 25.1 Å². The minimum absolute atomic E-state index is 0.164. The van der Waals surface area contributed by atoms with E-state index in [2.05, 4.69) is 22.4 Å². The van der Waals surface area contributed by atoms with Crippen LogP contribution in [0.25, 0.3) is 22.8 Å². The van der Waals surface area contributed by atoms with Crippen molar-refractivity contribution < 1.29 is 13.9 Å². The lowest BCUT2D eigenvalue weighted by Crippen LogP contribution is -2.31. The average molecular weight is 562 g/mol. The van der Waals surface area contributed by atoms with Gasteiger partial charge in [-0.3, -0.25) is 4.79 Å². The van der Waals surface area contributed by atoms with Crippen LogP contribution in [0.3, 0.4) is 0 Å². The Balaban J connectivity index is 1.09. The van der Waals surface area contributed by atoms with Gasteiger partial charge in [-0.1, -0.05) is 66.4 Å². The lowest BCUT2D eigenvalue weighted by Gasteiger charge is -2.32. The number of ketones is 1. The van der Waals surface area contributed by atoms with Crippen LogP contribution in [0.5, 0.6) is 5.75 Å². The van der Waals surface area contributed by atoms with Gasteiger partial charge in [0.25, 0.3) is 0 Å². The number of aromatic nitrogens is 4. The van der Waals surface area contributed by atoms with E-state index in [1.165, 1.54) is 0 Å². The average Bonchev–Trinajstić information content (AvgIpc) is 3.68. The summed E-state index contributed by atoms with van der Waals surface area (Å²) >= 11 is 1.56. The summed E-state index contributed by atoms with van der Waals surface area (Å²) < 4.78 is 13.2. The molecule has 0 saturated heterocycles. The quantitative estimate of drug-likeness (QED) is 0.214. The molecule has 3 aromatic carbocycles. The van der Waals surface area contributed by atoms with Gasteiger partial charge in [-0.15, -0.1) is 5.10 Å². The summed E-state index contributed by atoms with van der Waals surface area (Å²) in [5.74, 6) is 3.63. The van der Waals surface area contributed by atoms with Crippen LogP contribution in [-0.4, -0.2) is 32.6 Å². The van der Waals surface area contributed by atoms with Gasteiger partial charge < -0.3 is 14.5 Å². The third kappa shape index (κ3) is 4.93. The van der Waals surface area contributed by atoms with Crippen LogP contribution < -0.4 is 10.1 Å². The highest BCUT2D eigenvalue weighted by molar-refractivity contribution is 7.98. The van der Waals surface area contributed by atoms with Crippen LogP contribution >= 0.6 is 11.8 Å². The number of thioether (sulfide) groups is 1. The highest BCUT2D eigenvalue weighted by Gasteiger charge is 2.36. The molecule has 3 heterocycles. The summed E-state index contributed by atoms with van der Waals surface area (Å²) in [5, 5.41) is 8.91. The van der Waals surface area contributed by atoms with E-state index in [1.807, 2.05) is 71.4 Å². The van der Waals surface area contributed by atoms with Crippen molar-refractivity contribution in [2.24, 2.45) is 0 Å². The van der Waals surface area contributed by atoms with Gasteiger partial charge in [0.15, 0.2) is 11.5 Å². The van der Waals surface area contributed by atoms with Crippen LogP contribution in [0.2, 0.25) is 0 Å². The Morgan fingerprint density at radius 2 is 1.80 bits per heavy atom. The summed E-state index contributed by atoms with van der Waals surface area (Å²) in [4.78, 5) is 22.3. The van der Waals surface area contributed by atoms with Crippen molar-refractivity contribution in [1.82, 2.24) is 19.7 Å². The molecule has 0 amide bonds. The molecule has 1 aliphatic heterocycles. The highest BCUT2D eigenvalue weighted by atomic mass is 32.2. The molecule has 2 aromatic heterocycles. The predicted octanol–water partition coefficient (Wildman–Crippen LogP) is 6.92. The van der Waals surface area contributed by atoms with E-state index < -0.39 is 0 Å². The van der Waals surface area contributed by atoms with Gasteiger partial charge in [0.1, 0.15) is 11.8 Å². The smallest absolute Gasteiger partial charge is 0.227 e. The molecular weight excluding hydrogens is 534 g/mol. The molecule has 41 heavy (non-hydrogen) atoms. The molecule has 1 aliphatic carbocycles. The largest absolute Gasteiger partial charge is 0.497 e. The van der Waals surface area contributed by atoms with E-state index in [-0.39, 0.29) is 11.8 Å². The van der Waals surface area contributed by atoms with Crippen molar-refractivity contribution in [2.45, 2.75) is 36.2 Å². The second-order valence-corrected chi connectivity index (χ2v) is 11.0. The fourth-order valence-electron chi connectivity index (χ4n) is 5.33. The minimum Gasteiger partial charge on any atom is -0.497 e. The van der Waals surface area contributed by atoms with Crippen molar-refractivity contribution in [1.29, 1.82) is 0 Å². The molecule has 2 aliphatic rings. The molecule has 0 saturated carbocycles. The first-order chi connectivity index (χ1) is 20.2. The Morgan fingerprint density at radius 1 is 1.00 bits per heavy atom. The fraction of sp³-hybridized carbons (Fsp3) is 0.188. The van der Waals surface area contributed by atoms with E-state index in [0.717, 1.165) is 57.9 Å². The number of oxazole rings is 1. The number of nitrogens with one attached hydrogen (secondary N) is 1. The molecule has 8 nitrogen and oxygen atoms in total. The van der Waals surface area contributed by atoms with Gasteiger partial charge in [0.2, 0.25) is 17.0 Å². The molecule has 204 valence electrons. The highest BCUT2D eigenvalue weighted by Crippen LogP contribution is 2.41. The van der Waals surface area contributed by atoms with Crippen LogP contribution in [-0.2, 0) is 10.5 Å². The lowest BCUT2D eigenvalue weighted by molar-refractivity contribution is -0.116. The number of allylic oxidation sites excluding steroid dienone is 2. The monoisotopic (exact) mass is 561 g/mol. The Labute approximate surface area is 241 Å². The second kappa shape index (κ2) is 10.7. The number of hydrogen-bond acceptors (Lipinski definition) is 8. The third-order valence-electron chi connectivity index (χ3n) is 7.41. The zero-order chi connectivity index (χ0) is 27.8. The van der Waals surface area contributed by atoms with E-state index in [9.17, 15) is 4.79 Å². The summed E-state index contributed by atoms with van der Waals surface area (Å²) in [5.41, 5.74) is 5.77. The Hall–Kier alpha value is -4.63. The molecule has 7 rings (SSSR count). The van der Waals surface area contributed by atoms with Gasteiger partial charge in [-0.25, -0.2) is 9.67 Å². The van der Waals surface area contributed by atoms with Crippen LogP contribution in [0.1, 0.15) is 36.4 Å². The Morgan fingerprint density at radius 3 is 2.59 bits per heavy atom. The number of methoxy groups -OCH3 is 1. The standard InChI is InChI=1S/C32H27N5O3S/c1-39-24-16-14-22(15-17-24)29-28-25(8-5-9-26(28)38)34-31-35-32(36-37(29)31)41-19-20-10-12-23(13-11-20)30-33-18-27(40-30)21-6-3-2-4-7-21/h2-4,6-7,10-18,29H,5,8-9,19H2,1H3,(H,34,35,36)/t29-/m1/s1. The van der Waals surface area contributed by atoms with E-state index in [0.29, 0.717) is 29.2 Å². The number of fused-ring (bicyclic) bond motifs is 1. The molecular formula is C32H27N5O3S. The van der Waals surface area contributed by atoms with Crippen LogP contribution in [0, 0.1) is 0 Å². The normalized spacial score (nSPS) is 16.2. The van der Waals surface area contributed by atoms with Crippen molar-refractivity contribution in [3.63, 3.8) is 0 Å². The lowest BCUT2D eigenvalue weighted by atomic mass is 9.85. The van der Waals surface area contributed by atoms with Crippen molar-refractivity contribution in [3.8, 4) is 28.5 Å². The number of hydrogen-bond donors (Lipinski definition) is 1. The first-order valence-corrected chi connectivity index (χ1v) is 14.5. The van der Waals surface area contributed by atoms with Crippen molar-refractivity contribution in [2.75, 3.05) is 12.4 Å². The van der Waals surface area contributed by atoms with E-state index in [4.69, 9.17) is 19.2 Å². The summed E-state index contributed by atoms with van der Waals surface area (Å²) in [6.07, 6.45) is 3.98. The molecule has 0 spiro atoms. The van der Waals surface area contributed by atoms with Gasteiger partial charge in [-0.2, -0.15) is 4.98 Å². The van der Waals surface area contributed by atoms with Crippen LogP contribution in [0.15, 0.2) is 106 Å². The van der Waals surface area contributed by atoms with Crippen molar-refractivity contribution in [3.05, 3.63) is 107 Å². The topological polar surface area (TPSA) is 95.1 Å². The maximum absolute atomic E-state index is 13.1. The first kappa shape index (κ1) is 25.3. The van der Waals surface area contributed by atoms with Crippen LogP contribution in [0.4, 0.5) is 5.95 Å². The number of anilines is 1. The number of carbonyl (C=O) groups is 1. The zero-order valence-electron chi connectivity index (χ0n) is 22.4. The minimum atomic E-state index is -0.317. The van der Waals surface area contributed by atoms with E-state index >= 15 is 0 Å². The molecule has 5 aromatic rings. The molecule has 0 radical (unpaired) electrons. The number of rotatable bonds is 7. The molecule has 0 unspecified atom stereocenters. The van der Waals surface area contributed by atoms with Crippen molar-refractivity contribution >= 4 is 23.5 Å². The van der Waals surface area contributed by atoms with Gasteiger partial charge >= 0.3 is 0 Å². The maximum atomic E-state index is 13.1. The summed E-state index contributed by atoms with van der Waals surface area (Å²) in [6.45, 7) is 0. The van der Waals surface area contributed by atoms with Gasteiger partial charge in [-0.05, 0) is 48.2 Å². The summed E-state index contributed by atoms with van der Waals surface area (Å²) in [6, 6.07) is 25.6. The number of carbonyl (C=O) groups excluding carboxylic acids is 1. The number of nitrogens with zero attached hydrogens (tertiary/aromatic N) is 4.